The minimum atomic E-state index is 0.0814. The van der Waals surface area contributed by atoms with Gasteiger partial charge < -0.3 is 0 Å². The van der Waals surface area contributed by atoms with Crippen molar-refractivity contribution in [3.05, 3.63) is 60.2 Å². The fraction of sp³-hybridized carbons (Fsp3) is 0.300. The van der Waals surface area contributed by atoms with Crippen molar-refractivity contribution in [2.45, 2.75) is 36.9 Å². The standard InChI is InChI=1S/C20H20S/c21-20(10-4-1-5-11-20)19-9-8-17-12-15-6-2-3-7-16(15)13-18(17)14-19/h2-3,6-9,12-14,21H,1,4-5,10-11H2. The summed E-state index contributed by atoms with van der Waals surface area (Å²) in [5.74, 6) is 0. The summed E-state index contributed by atoms with van der Waals surface area (Å²) in [6, 6.07) is 20.1. The van der Waals surface area contributed by atoms with Gasteiger partial charge in [0.15, 0.2) is 0 Å². The molecular weight excluding hydrogens is 272 g/mol. The largest absolute Gasteiger partial charge is 0.168 e. The van der Waals surface area contributed by atoms with E-state index in [4.69, 9.17) is 12.6 Å². The summed E-state index contributed by atoms with van der Waals surface area (Å²) in [5.41, 5.74) is 1.40. The van der Waals surface area contributed by atoms with E-state index in [2.05, 4.69) is 54.6 Å². The summed E-state index contributed by atoms with van der Waals surface area (Å²) < 4.78 is 0.0814. The molecule has 0 bridgehead atoms. The van der Waals surface area contributed by atoms with Gasteiger partial charge in [-0.25, -0.2) is 0 Å². The Labute approximate surface area is 131 Å². The first-order chi connectivity index (χ1) is 10.2. The molecule has 0 heterocycles. The second-order valence-electron chi connectivity index (χ2n) is 6.35. The van der Waals surface area contributed by atoms with Crippen molar-refractivity contribution in [3.8, 4) is 0 Å². The SMILES string of the molecule is SC1(c2ccc3cc4ccccc4cc3c2)CCCCC1. The first-order valence-electron chi connectivity index (χ1n) is 7.90. The molecule has 0 amide bonds. The summed E-state index contributed by atoms with van der Waals surface area (Å²) in [7, 11) is 0. The highest BCUT2D eigenvalue weighted by atomic mass is 32.1. The lowest BCUT2D eigenvalue weighted by Gasteiger charge is -2.33. The van der Waals surface area contributed by atoms with Crippen molar-refractivity contribution < 1.29 is 0 Å². The van der Waals surface area contributed by atoms with Crippen LogP contribution in [0.3, 0.4) is 0 Å². The average Bonchev–Trinajstić information content (AvgIpc) is 2.53. The van der Waals surface area contributed by atoms with Gasteiger partial charge in [0.05, 0.1) is 0 Å². The van der Waals surface area contributed by atoms with Crippen LogP contribution in [-0.2, 0) is 4.75 Å². The number of rotatable bonds is 1. The minimum Gasteiger partial charge on any atom is -0.168 e. The molecule has 0 nitrogen and oxygen atoms in total. The van der Waals surface area contributed by atoms with E-state index in [9.17, 15) is 0 Å². The van der Waals surface area contributed by atoms with Crippen LogP contribution in [0.15, 0.2) is 54.6 Å². The highest BCUT2D eigenvalue weighted by Crippen LogP contribution is 2.43. The van der Waals surface area contributed by atoms with Crippen molar-refractivity contribution in [1.82, 2.24) is 0 Å². The van der Waals surface area contributed by atoms with Gasteiger partial charge >= 0.3 is 0 Å². The Hall–Kier alpha value is -1.47. The second kappa shape index (κ2) is 5.06. The normalized spacial score (nSPS) is 18.1. The maximum Gasteiger partial charge on any atom is 0.0378 e. The summed E-state index contributed by atoms with van der Waals surface area (Å²) in [5, 5.41) is 5.30. The molecule has 1 heteroatoms. The van der Waals surface area contributed by atoms with E-state index in [1.54, 1.807) is 0 Å². The van der Waals surface area contributed by atoms with Crippen LogP contribution in [0.4, 0.5) is 0 Å². The molecule has 0 radical (unpaired) electrons. The number of thiol groups is 1. The molecular formula is C20H20S. The predicted molar refractivity (Wildman–Crippen MR) is 95.2 cm³/mol. The van der Waals surface area contributed by atoms with E-state index in [0.29, 0.717) is 0 Å². The van der Waals surface area contributed by atoms with Crippen molar-refractivity contribution in [2.24, 2.45) is 0 Å². The van der Waals surface area contributed by atoms with Crippen molar-refractivity contribution in [3.63, 3.8) is 0 Å². The van der Waals surface area contributed by atoms with Gasteiger partial charge in [-0.3, -0.25) is 0 Å². The molecule has 1 saturated carbocycles. The summed E-state index contributed by atoms with van der Waals surface area (Å²) in [4.78, 5) is 0. The quantitative estimate of drug-likeness (QED) is 0.407. The molecule has 0 atom stereocenters. The molecule has 0 unspecified atom stereocenters. The van der Waals surface area contributed by atoms with Crippen molar-refractivity contribution in [1.29, 1.82) is 0 Å². The molecule has 1 fully saturated rings. The first kappa shape index (κ1) is 13.2. The Morgan fingerprint density at radius 1 is 0.667 bits per heavy atom. The third-order valence-corrected chi connectivity index (χ3v) is 5.63. The molecule has 1 aliphatic carbocycles. The van der Waals surface area contributed by atoms with Crippen LogP contribution in [0.5, 0.6) is 0 Å². The zero-order valence-electron chi connectivity index (χ0n) is 12.2. The highest BCUT2D eigenvalue weighted by Gasteiger charge is 2.29. The van der Waals surface area contributed by atoms with Crippen molar-refractivity contribution in [2.75, 3.05) is 0 Å². The maximum absolute atomic E-state index is 5.04. The van der Waals surface area contributed by atoms with Crippen molar-refractivity contribution >= 4 is 34.2 Å². The smallest absolute Gasteiger partial charge is 0.0378 e. The van der Waals surface area contributed by atoms with E-state index in [0.717, 1.165) is 0 Å². The van der Waals surface area contributed by atoms with Crippen LogP contribution >= 0.6 is 12.6 Å². The van der Waals surface area contributed by atoms with E-state index in [-0.39, 0.29) is 4.75 Å². The molecule has 3 aromatic rings. The monoisotopic (exact) mass is 292 g/mol. The van der Waals surface area contributed by atoms with E-state index >= 15 is 0 Å². The van der Waals surface area contributed by atoms with Gasteiger partial charge in [-0.2, -0.15) is 12.6 Å². The van der Waals surface area contributed by atoms with Gasteiger partial charge in [0, 0.05) is 4.75 Å². The Kier molecular flexibility index (Phi) is 3.19. The number of hydrogen-bond acceptors (Lipinski definition) is 1. The lowest BCUT2D eigenvalue weighted by atomic mass is 9.82. The fourth-order valence-electron chi connectivity index (χ4n) is 3.65. The lowest BCUT2D eigenvalue weighted by Crippen LogP contribution is -2.22. The minimum absolute atomic E-state index is 0.0814. The van der Waals surface area contributed by atoms with Gasteiger partial charge in [0.2, 0.25) is 0 Å². The molecule has 0 saturated heterocycles. The van der Waals surface area contributed by atoms with Crippen LogP contribution in [0.1, 0.15) is 37.7 Å². The summed E-state index contributed by atoms with van der Waals surface area (Å²) >= 11 is 5.04. The first-order valence-corrected chi connectivity index (χ1v) is 8.35. The Morgan fingerprint density at radius 3 is 2.00 bits per heavy atom. The Balaban J connectivity index is 1.87. The molecule has 0 spiro atoms. The van der Waals surface area contributed by atoms with Gasteiger partial charge in [-0.1, -0.05) is 55.7 Å². The molecule has 3 aromatic carbocycles. The van der Waals surface area contributed by atoms with Crippen LogP contribution in [-0.4, -0.2) is 0 Å². The van der Waals surface area contributed by atoms with E-state index in [1.807, 2.05) is 0 Å². The van der Waals surface area contributed by atoms with E-state index < -0.39 is 0 Å². The molecule has 0 N–H and O–H groups in total. The molecule has 4 rings (SSSR count). The Bertz CT molecular complexity index is 797. The molecule has 1 aliphatic rings. The number of hydrogen-bond donors (Lipinski definition) is 1. The Morgan fingerprint density at radius 2 is 1.29 bits per heavy atom. The number of benzene rings is 3. The molecule has 0 aromatic heterocycles. The molecule has 21 heavy (non-hydrogen) atoms. The predicted octanol–water partition coefficient (Wildman–Crippen LogP) is 6.08. The zero-order chi connectivity index (χ0) is 14.3. The third-order valence-electron chi connectivity index (χ3n) is 4.92. The zero-order valence-corrected chi connectivity index (χ0v) is 13.1. The summed E-state index contributed by atoms with van der Waals surface area (Å²) in [6.07, 6.45) is 6.38. The maximum atomic E-state index is 5.04. The van der Waals surface area contributed by atoms with Crippen LogP contribution in [0, 0.1) is 0 Å². The topological polar surface area (TPSA) is 0 Å². The van der Waals surface area contributed by atoms with E-state index in [1.165, 1.54) is 59.2 Å². The van der Waals surface area contributed by atoms with Gasteiger partial charge in [-0.15, -0.1) is 0 Å². The number of fused-ring (bicyclic) bond motifs is 2. The van der Waals surface area contributed by atoms with Crippen LogP contribution in [0.25, 0.3) is 21.5 Å². The molecule has 106 valence electrons. The second-order valence-corrected chi connectivity index (χ2v) is 7.21. The summed E-state index contributed by atoms with van der Waals surface area (Å²) in [6.45, 7) is 0. The highest BCUT2D eigenvalue weighted by molar-refractivity contribution is 7.81. The average molecular weight is 292 g/mol. The van der Waals surface area contributed by atoms with Crippen LogP contribution in [0.2, 0.25) is 0 Å². The van der Waals surface area contributed by atoms with Crippen LogP contribution < -0.4 is 0 Å². The van der Waals surface area contributed by atoms with Gasteiger partial charge in [-0.05, 0) is 58.1 Å². The third kappa shape index (κ3) is 2.34. The van der Waals surface area contributed by atoms with Gasteiger partial charge in [0.25, 0.3) is 0 Å². The van der Waals surface area contributed by atoms with Gasteiger partial charge in [0.1, 0.15) is 0 Å². The molecule has 0 aliphatic heterocycles. The fourth-order valence-corrected chi connectivity index (χ4v) is 4.11. The lowest BCUT2D eigenvalue weighted by molar-refractivity contribution is 0.410.